The highest BCUT2D eigenvalue weighted by Crippen LogP contribution is 2.51. The Kier molecular flexibility index (Phi) is 6.59. The summed E-state index contributed by atoms with van der Waals surface area (Å²) in [6, 6.07) is 21.0. The average Bonchev–Trinajstić information content (AvgIpc) is 3.43. The highest BCUT2D eigenvalue weighted by molar-refractivity contribution is 6.24. The summed E-state index contributed by atoms with van der Waals surface area (Å²) < 4.78 is 0. The zero-order valence-electron chi connectivity index (χ0n) is 20.8. The molecule has 2 aliphatic rings. The Hall–Kier alpha value is -4.67. The molecule has 3 aromatic rings. The minimum Gasteiger partial charge on any atom is -0.480 e. The van der Waals surface area contributed by atoms with E-state index in [1.54, 1.807) is 12.1 Å². The largest absolute Gasteiger partial charge is 0.480 e. The van der Waals surface area contributed by atoms with Crippen molar-refractivity contribution in [1.29, 1.82) is 0 Å². The molecule has 39 heavy (non-hydrogen) atoms. The van der Waals surface area contributed by atoms with Gasteiger partial charge in [-0.1, -0.05) is 72.8 Å². The number of imide groups is 1. The molecule has 2 saturated heterocycles. The highest BCUT2D eigenvalue weighted by Gasteiger charge is 2.70. The van der Waals surface area contributed by atoms with Gasteiger partial charge >= 0.3 is 5.97 Å². The lowest BCUT2D eigenvalue weighted by atomic mass is 9.76. The number of carbonyl (C=O) groups is 3. The molecule has 0 radical (unpaired) electrons. The van der Waals surface area contributed by atoms with Crippen LogP contribution in [0.2, 0.25) is 0 Å². The fourth-order valence-electron chi connectivity index (χ4n) is 5.56. The number of amides is 2. The van der Waals surface area contributed by atoms with Gasteiger partial charge in [-0.3, -0.25) is 29.8 Å². The highest BCUT2D eigenvalue weighted by atomic mass is 16.6. The molecule has 3 aromatic carbocycles. The SMILES string of the molecule is CC(O)C1(C(=O)O)NC(c2ccc(/C=C/c3ccccc3)cc2)C2C(=O)N(c3cccc([N+](=O)[O-])c3)C(=O)C21. The summed E-state index contributed by atoms with van der Waals surface area (Å²) in [7, 11) is 0. The summed E-state index contributed by atoms with van der Waals surface area (Å²) >= 11 is 0. The summed E-state index contributed by atoms with van der Waals surface area (Å²) in [4.78, 5) is 51.4. The molecule has 0 bridgehead atoms. The quantitative estimate of drug-likeness (QED) is 0.183. The van der Waals surface area contributed by atoms with Gasteiger partial charge in [0, 0.05) is 18.2 Å². The number of rotatable bonds is 7. The molecule has 2 fully saturated rings. The molecule has 5 unspecified atom stereocenters. The van der Waals surface area contributed by atoms with Crippen LogP contribution in [0.4, 0.5) is 11.4 Å². The molecular weight excluding hydrogens is 502 g/mol. The Bertz CT molecular complexity index is 1490. The number of aliphatic hydroxyl groups excluding tert-OH is 1. The second-order valence-electron chi connectivity index (χ2n) is 9.68. The van der Waals surface area contributed by atoms with Crippen molar-refractivity contribution in [2.24, 2.45) is 11.8 Å². The maximum absolute atomic E-state index is 13.7. The topological polar surface area (TPSA) is 150 Å². The number of nitrogens with zero attached hydrogens (tertiary/aromatic N) is 2. The Morgan fingerprint density at radius 1 is 1.00 bits per heavy atom. The number of fused-ring (bicyclic) bond motifs is 1. The van der Waals surface area contributed by atoms with Gasteiger partial charge in [-0.25, -0.2) is 4.90 Å². The monoisotopic (exact) mass is 527 g/mol. The molecule has 10 nitrogen and oxygen atoms in total. The molecule has 0 saturated carbocycles. The van der Waals surface area contributed by atoms with Crippen molar-refractivity contribution in [2.45, 2.75) is 24.6 Å². The third-order valence-electron chi connectivity index (χ3n) is 7.47. The predicted octanol–water partition coefficient (Wildman–Crippen LogP) is 3.42. The maximum atomic E-state index is 13.7. The third kappa shape index (κ3) is 4.29. The van der Waals surface area contributed by atoms with Gasteiger partial charge in [0.05, 0.1) is 28.6 Å². The van der Waals surface area contributed by atoms with Crippen LogP contribution in [0.15, 0.2) is 78.9 Å². The molecule has 198 valence electrons. The Balaban J connectivity index is 1.53. The van der Waals surface area contributed by atoms with Gasteiger partial charge in [0.1, 0.15) is 0 Å². The van der Waals surface area contributed by atoms with E-state index in [2.05, 4.69) is 5.32 Å². The number of carboxylic acids is 1. The Morgan fingerprint density at radius 3 is 2.23 bits per heavy atom. The predicted molar refractivity (Wildman–Crippen MR) is 142 cm³/mol. The molecule has 0 spiro atoms. The number of benzene rings is 3. The van der Waals surface area contributed by atoms with Crippen molar-refractivity contribution in [2.75, 3.05) is 4.90 Å². The number of anilines is 1. The van der Waals surface area contributed by atoms with Gasteiger partial charge in [-0.2, -0.15) is 0 Å². The van der Waals surface area contributed by atoms with Crippen LogP contribution in [0.5, 0.6) is 0 Å². The number of nitro benzene ring substituents is 1. The van der Waals surface area contributed by atoms with Crippen LogP contribution >= 0.6 is 0 Å². The first-order valence-corrected chi connectivity index (χ1v) is 12.3. The fourth-order valence-corrected chi connectivity index (χ4v) is 5.56. The zero-order valence-corrected chi connectivity index (χ0v) is 20.8. The molecule has 2 heterocycles. The molecular formula is C29H25N3O7. The molecule has 2 amide bonds. The normalized spacial score (nSPS) is 25.2. The second kappa shape index (κ2) is 9.90. The van der Waals surface area contributed by atoms with E-state index in [0.717, 1.165) is 22.1 Å². The molecule has 10 heteroatoms. The summed E-state index contributed by atoms with van der Waals surface area (Å²) in [6.07, 6.45) is 2.32. The van der Waals surface area contributed by atoms with Gasteiger partial charge < -0.3 is 10.2 Å². The summed E-state index contributed by atoms with van der Waals surface area (Å²) in [5.74, 6) is -5.61. The van der Waals surface area contributed by atoms with Crippen LogP contribution < -0.4 is 10.2 Å². The number of nitro groups is 1. The number of non-ortho nitro benzene ring substituents is 1. The van der Waals surface area contributed by atoms with E-state index in [0.29, 0.717) is 5.56 Å². The minimum absolute atomic E-state index is 0.0290. The first kappa shape index (κ1) is 26.0. The van der Waals surface area contributed by atoms with Crippen LogP contribution in [0.1, 0.15) is 29.7 Å². The van der Waals surface area contributed by atoms with Crippen molar-refractivity contribution in [3.8, 4) is 0 Å². The van der Waals surface area contributed by atoms with Gasteiger partial charge in [0.2, 0.25) is 11.8 Å². The van der Waals surface area contributed by atoms with Gasteiger partial charge in [-0.05, 0) is 29.7 Å². The average molecular weight is 528 g/mol. The van der Waals surface area contributed by atoms with Gasteiger partial charge in [0.15, 0.2) is 5.54 Å². The number of hydrogen-bond acceptors (Lipinski definition) is 7. The van der Waals surface area contributed by atoms with E-state index in [-0.39, 0.29) is 11.4 Å². The maximum Gasteiger partial charge on any atom is 0.327 e. The number of aliphatic hydroxyl groups is 1. The van der Waals surface area contributed by atoms with Crippen molar-refractivity contribution < 1.29 is 29.5 Å². The number of hydrogen-bond donors (Lipinski definition) is 3. The Morgan fingerprint density at radius 2 is 1.64 bits per heavy atom. The fraction of sp³-hybridized carbons (Fsp3) is 0.207. The van der Waals surface area contributed by atoms with E-state index in [9.17, 15) is 34.7 Å². The molecule has 0 aliphatic carbocycles. The molecule has 3 N–H and O–H groups in total. The summed E-state index contributed by atoms with van der Waals surface area (Å²) in [6.45, 7) is 1.26. The first-order valence-electron chi connectivity index (χ1n) is 12.3. The lowest BCUT2D eigenvalue weighted by molar-refractivity contribution is -0.384. The van der Waals surface area contributed by atoms with Crippen LogP contribution in [0, 0.1) is 22.0 Å². The molecule has 5 rings (SSSR count). The van der Waals surface area contributed by atoms with Crippen molar-refractivity contribution >= 4 is 41.3 Å². The number of carboxylic acid groups (broad SMARTS) is 1. The molecule has 2 aliphatic heterocycles. The smallest absolute Gasteiger partial charge is 0.327 e. The zero-order chi connectivity index (χ0) is 27.9. The van der Waals surface area contributed by atoms with Crippen LogP contribution in [-0.4, -0.2) is 44.6 Å². The number of nitrogens with one attached hydrogen (secondary N) is 1. The van der Waals surface area contributed by atoms with Gasteiger partial charge in [0.25, 0.3) is 5.69 Å². The summed E-state index contributed by atoms with van der Waals surface area (Å²) in [5, 5.41) is 35.1. The van der Waals surface area contributed by atoms with E-state index < -0.39 is 52.2 Å². The lowest BCUT2D eigenvalue weighted by Gasteiger charge is -2.33. The molecule has 5 atom stereocenters. The van der Waals surface area contributed by atoms with E-state index >= 15 is 0 Å². The van der Waals surface area contributed by atoms with E-state index in [1.165, 1.54) is 25.1 Å². The van der Waals surface area contributed by atoms with E-state index in [4.69, 9.17) is 0 Å². The van der Waals surface area contributed by atoms with Crippen LogP contribution in [-0.2, 0) is 14.4 Å². The summed E-state index contributed by atoms with van der Waals surface area (Å²) in [5.41, 5.74) is -0.0560. The van der Waals surface area contributed by atoms with Crippen LogP contribution in [0.3, 0.4) is 0 Å². The lowest BCUT2D eigenvalue weighted by Crippen LogP contribution is -2.62. The minimum atomic E-state index is -2.15. The third-order valence-corrected chi connectivity index (χ3v) is 7.47. The van der Waals surface area contributed by atoms with E-state index in [1.807, 2.05) is 54.6 Å². The number of aliphatic carboxylic acids is 1. The van der Waals surface area contributed by atoms with Gasteiger partial charge in [-0.15, -0.1) is 0 Å². The van der Waals surface area contributed by atoms with Crippen molar-refractivity contribution in [1.82, 2.24) is 5.32 Å². The van der Waals surface area contributed by atoms with Crippen molar-refractivity contribution in [3.63, 3.8) is 0 Å². The first-order chi connectivity index (χ1) is 18.6. The number of carbonyl (C=O) groups excluding carboxylic acids is 2. The standard InChI is InChI=1S/C29H25N3O7/c1-17(33)29(28(36)37)24-23(26(34)31(27(24)35)21-8-5-9-22(16-21)32(38)39)25(30-29)20-14-12-19(13-15-20)11-10-18-6-3-2-4-7-18/h2-17,23-25,30,33H,1H3,(H,36,37)/b11-10+. The van der Waals surface area contributed by atoms with Crippen LogP contribution in [0.25, 0.3) is 12.2 Å². The van der Waals surface area contributed by atoms with Crippen molar-refractivity contribution in [3.05, 3.63) is 106 Å². The second-order valence-corrected chi connectivity index (χ2v) is 9.68. The molecule has 0 aromatic heterocycles. The Labute approximate surface area is 223 Å².